The molecule has 21 heavy (non-hydrogen) atoms. The number of nitrogens with zero attached hydrogens (tertiary/aromatic N) is 2. The van der Waals surface area contributed by atoms with Crippen LogP contribution in [-0.2, 0) is 4.79 Å². The summed E-state index contributed by atoms with van der Waals surface area (Å²) < 4.78 is 1.13. The van der Waals surface area contributed by atoms with E-state index in [1.807, 2.05) is 6.92 Å². The summed E-state index contributed by atoms with van der Waals surface area (Å²) in [5.74, 6) is 1.65. The Balaban J connectivity index is 1.62. The van der Waals surface area contributed by atoms with Gasteiger partial charge in [-0.3, -0.25) is 9.69 Å². The molecule has 0 N–H and O–H groups in total. The van der Waals surface area contributed by atoms with Gasteiger partial charge >= 0.3 is 0 Å². The second-order valence-electron chi connectivity index (χ2n) is 6.35. The van der Waals surface area contributed by atoms with Crippen molar-refractivity contribution < 1.29 is 4.79 Å². The zero-order valence-electron chi connectivity index (χ0n) is 12.8. The Hall–Kier alpha value is -0.870. The van der Waals surface area contributed by atoms with Gasteiger partial charge in [-0.05, 0) is 36.5 Å². The van der Waals surface area contributed by atoms with E-state index in [1.54, 1.807) is 0 Å². The highest BCUT2D eigenvalue weighted by molar-refractivity contribution is 9.10. The highest BCUT2D eigenvalue weighted by Gasteiger charge is 2.42. The molecule has 114 valence electrons. The van der Waals surface area contributed by atoms with E-state index in [2.05, 4.69) is 56.9 Å². The number of rotatable bonds is 3. The lowest BCUT2D eigenvalue weighted by atomic mass is 10.0. The summed E-state index contributed by atoms with van der Waals surface area (Å²) in [5.41, 5.74) is 1.37. The molecule has 1 amide bonds. The molecule has 3 rings (SSSR count). The molecule has 0 spiro atoms. The van der Waals surface area contributed by atoms with Crippen LogP contribution in [0.1, 0.15) is 31.9 Å². The Morgan fingerprint density at radius 1 is 1.19 bits per heavy atom. The molecule has 3 nitrogen and oxygen atoms in total. The van der Waals surface area contributed by atoms with Crippen LogP contribution in [0, 0.1) is 11.8 Å². The highest BCUT2D eigenvalue weighted by atomic mass is 79.9. The van der Waals surface area contributed by atoms with Crippen LogP contribution in [0.2, 0.25) is 0 Å². The summed E-state index contributed by atoms with van der Waals surface area (Å²) in [4.78, 5) is 16.5. The molecule has 0 bridgehead atoms. The van der Waals surface area contributed by atoms with Gasteiger partial charge in [-0.25, -0.2) is 0 Å². The molecule has 3 unspecified atom stereocenters. The maximum atomic E-state index is 11.8. The maximum absolute atomic E-state index is 11.8. The van der Waals surface area contributed by atoms with Crippen LogP contribution in [0.15, 0.2) is 28.7 Å². The second-order valence-corrected chi connectivity index (χ2v) is 7.27. The molecule has 0 aromatic heterocycles. The van der Waals surface area contributed by atoms with Gasteiger partial charge in [0.2, 0.25) is 5.91 Å². The summed E-state index contributed by atoms with van der Waals surface area (Å²) in [6, 6.07) is 9.10. The van der Waals surface area contributed by atoms with Crippen LogP contribution in [0.3, 0.4) is 0 Å². The lowest BCUT2D eigenvalue weighted by molar-refractivity contribution is -0.130. The topological polar surface area (TPSA) is 23.6 Å². The Labute approximate surface area is 135 Å². The third-order valence-electron chi connectivity index (χ3n) is 5.07. The molecule has 3 atom stereocenters. The number of hydrogen-bond acceptors (Lipinski definition) is 2. The number of hydrogen-bond donors (Lipinski definition) is 0. The van der Waals surface area contributed by atoms with Crippen molar-refractivity contribution >= 4 is 21.8 Å². The highest BCUT2D eigenvalue weighted by Crippen LogP contribution is 2.36. The van der Waals surface area contributed by atoms with Gasteiger partial charge in [-0.1, -0.05) is 35.0 Å². The predicted octanol–water partition coefficient (Wildman–Crippen LogP) is 3.31. The molecule has 0 radical (unpaired) electrons. The largest absolute Gasteiger partial charge is 0.342 e. The maximum Gasteiger partial charge on any atom is 0.222 e. The Morgan fingerprint density at radius 3 is 2.29 bits per heavy atom. The van der Waals surface area contributed by atoms with E-state index in [9.17, 15) is 4.79 Å². The fourth-order valence-corrected chi connectivity index (χ4v) is 3.99. The minimum Gasteiger partial charge on any atom is -0.342 e. The van der Waals surface area contributed by atoms with Gasteiger partial charge in [0, 0.05) is 43.1 Å². The first-order valence-electron chi connectivity index (χ1n) is 7.85. The van der Waals surface area contributed by atoms with Gasteiger partial charge in [-0.15, -0.1) is 0 Å². The monoisotopic (exact) mass is 350 g/mol. The minimum absolute atomic E-state index is 0.317. The van der Waals surface area contributed by atoms with Crippen LogP contribution in [0.4, 0.5) is 0 Å². The molecule has 2 aliphatic heterocycles. The van der Waals surface area contributed by atoms with Crippen LogP contribution in [0.5, 0.6) is 0 Å². The summed E-state index contributed by atoms with van der Waals surface area (Å²) in [7, 11) is 0. The van der Waals surface area contributed by atoms with Crippen molar-refractivity contribution in [2.45, 2.75) is 26.3 Å². The average Bonchev–Trinajstić information content (AvgIpc) is 3.05. The Bertz CT molecular complexity index is 502. The fourth-order valence-electron chi connectivity index (χ4n) is 3.72. The first kappa shape index (κ1) is 15.0. The third-order valence-corrected chi connectivity index (χ3v) is 5.60. The molecule has 1 aromatic rings. The standard InChI is InChI=1S/C17H23BrN2O/c1-3-17(21)20-10-14-8-19(9-15(14)11-20)12(2)13-4-6-16(18)7-5-13/h4-7,12,14-15H,3,8-11H2,1-2H3. The zero-order chi connectivity index (χ0) is 15.0. The van der Waals surface area contributed by atoms with E-state index >= 15 is 0 Å². The predicted molar refractivity (Wildman–Crippen MR) is 88.0 cm³/mol. The molecule has 2 heterocycles. The van der Waals surface area contributed by atoms with Gasteiger partial charge in [0.1, 0.15) is 0 Å². The van der Waals surface area contributed by atoms with Crippen LogP contribution in [0.25, 0.3) is 0 Å². The van der Waals surface area contributed by atoms with E-state index in [0.717, 1.165) is 30.7 Å². The van der Waals surface area contributed by atoms with Crippen molar-refractivity contribution in [1.82, 2.24) is 9.80 Å². The number of carbonyl (C=O) groups excluding carboxylic acids is 1. The number of amides is 1. The lowest BCUT2D eigenvalue weighted by Gasteiger charge is -2.27. The SMILES string of the molecule is CCC(=O)N1CC2CN(C(C)c3ccc(Br)cc3)CC2C1. The molecule has 4 heteroatoms. The first-order chi connectivity index (χ1) is 10.1. The van der Waals surface area contributed by atoms with Crippen molar-refractivity contribution in [3.63, 3.8) is 0 Å². The Kier molecular flexibility index (Phi) is 4.36. The van der Waals surface area contributed by atoms with Crippen molar-refractivity contribution in [3.05, 3.63) is 34.3 Å². The smallest absolute Gasteiger partial charge is 0.222 e. The summed E-state index contributed by atoms with van der Waals surface area (Å²) in [6.45, 7) is 8.41. The zero-order valence-corrected chi connectivity index (χ0v) is 14.3. The summed E-state index contributed by atoms with van der Waals surface area (Å²) >= 11 is 3.49. The lowest BCUT2D eigenvalue weighted by Crippen LogP contribution is -2.33. The van der Waals surface area contributed by atoms with E-state index in [0.29, 0.717) is 30.2 Å². The average molecular weight is 351 g/mol. The molecule has 2 saturated heterocycles. The molecule has 0 aliphatic carbocycles. The number of fused-ring (bicyclic) bond motifs is 1. The number of benzene rings is 1. The summed E-state index contributed by atoms with van der Waals surface area (Å²) in [5, 5.41) is 0. The van der Waals surface area contributed by atoms with Crippen molar-refractivity contribution in [1.29, 1.82) is 0 Å². The van der Waals surface area contributed by atoms with E-state index in [1.165, 1.54) is 5.56 Å². The van der Waals surface area contributed by atoms with Crippen molar-refractivity contribution in [3.8, 4) is 0 Å². The van der Waals surface area contributed by atoms with E-state index in [-0.39, 0.29) is 0 Å². The molecule has 1 aromatic carbocycles. The van der Waals surface area contributed by atoms with Gasteiger partial charge < -0.3 is 4.90 Å². The summed E-state index contributed by atoms with van der Waals surface area (Å²) in [6.07, 6.45) is 0.637. The third kappa shape index (κ3) is 3.02. The normalized spacial score (nSPS) is 26.9. The van der Waals surface area contributed by atoms with Gasteiger partial charge in [0.25, 0.3) is 0 Å². The van der Waals surface area contributed by atoms with Gasteiger partial charge in [-0.2, -0.15) is 0 Å². The van der Waals surface area contributed by atoms with Crippen LogP contribution in [-0.4, -0.2) is 41.9 Å². The number of carbonyl (C=O) groups is 1. The molecule has 2 aliphatic rings. The minimum atomic E-state index is 0.317. The van der Waals surface area contributed by atoms with Gasteiger partial charge in [0.15, 0.2) is 0 Å². The fraction of sp³-hybridized carbons (Fsp3) is 0.588. The molecular formula is C17H23BrN2O. The van der Waals surface area contributed by atoms with Crippen LogP contribution >= 0.6 is 15.9 Å². The van der Waals surface area contributed by atoms with Crippen molar-refractivity contribution in [2.75, 3.05) is 26.2 Å². The van der Waals surface area contributed by atoms with Crippen molar-refractivity contribution in [2.24, 2.45) is 11.8 Å². The van der Waals surface area contributed by atoms with E-state index in [4.69, 9.17) is 0 Å². The Morgan fingerprint density at radius 2 is 1.76 bits per heavy atom. The quantitative estimate of drug-likeness (QED) is 0.834. The molecular weight excluding hydrogens is 328 g/mol. The molecule has 2 fully saturated rings. The second kappa shape index (κ2) is 6.09. The molecule has 0 saturated carbocycles. The number of halogens is 1. The van der Waals surface area contributed by atoms with E-state index < -0.39 is 0 Å². The first-order valence-corrected chi connectivity index (χ1v) is 8.65. The van der Waals surface area contributed by atoms with Gasteiger partial charge in [0.05, 0.1) is 0 Å². The van der Waals surface area contributed by atoms with Crippen LogP contribution < -0.4 is 0 Å². The number of likely N-dealkylation sites (tertiary alicyclic amines) is 2.